The molecule has 2 N–H and O–H groups in total. The molecular formula is C10H10Br2N2O3. The zero-order valence-corrected chi connectivity index (χ0v) is 11.9. The fourth-order valence-electron chi connectivity index (χ4n) is 1.11. The standard InChI is InChI=1S/C10H10Br2N2O3/c11-6-4-7(12)9(14-5-6)10(17)13-3-1-2-8(15)16/h4-5H,1-3H2,(H,13,17)(H,15,16). The Bertz CT molecular complexity index is 438. The molecule has 0 atom stereocenters. The summed E-state index contributed by atoms with van der Waals surface area (Å²) in [5.41, 5.74) is 0.281. The van der Waals surface area contributed by atoms with Crippen LogP contribution < -0.4 is 5.32 Å². The van der Waals surface area contributed by atoms with Gasteiger partial charge in [0, 0.05) is 23.6 Å². The topological polar surface area (TPSA) is 79.3 Å². The van der Waals surface area contributed by atoms with Gasteiger partial charge in [-0.3, -0.25) is 9.59 Å². The molecule has 0 saturated heterocycles. The van der Waals surface area contributed by atoms with Gasteiger partial charge in [0.1, 0.15) is 5.69 Å². The molecule has 0 unspecified atom stereocenters. The predicted octanol–water partition coefficient (Wildman–Crippen LogP) is 2.20. The third-order valence-electron chi connectivity index (χ3n) is 1.88. The molecule has 0 fully saturated rings. The lowest BCUT2D eigenvalue weighted by molar-refractivity contribution is -0.137. The van der Waals surface area contributed by atoms with E-state index >= 15 is 0 Å². The molecule has 0 aliphatic rings. The highest BCUT2D eigenvalue weighted by Gasteiger charge is 2.11. The molecule has 1 aromatic heterocycles. The number of halogens is 2. The van der Waals surface area contributed by atoms with Crippen molar-refractivity contribution in [2.24, 2.45) is 0 Å². The lowest BCUT2D eigenvalue weighted by atomic mass is 10.3. The second-order valence-electron chi connectivity index (χ2n) is 3.24. The molecule has 1 amide bonds. The van der Waals surface area contributed by atoms with E-state index in [0.717, 1.165) is 4.47 Å². The molecule has 0 bridgehead atoms. The summed E-state index contributed by atoms with van der Waals surface area (Å²) in [6.45, 7) is 0.315. The Morgan fingerprint density at radius 1 is 1.41 bits per heavy atom. The van der Waals surface area contributed by atoms with Crippen LogP contribution in [0.3, 0.4) is 0 Å². The number of carbonyl (C=O) groups excluding carboxylic acids is 1. The predicted molar refractivity (Wildman–Crippen MR) is 68.8 cm³/mol. The van der Waals surface area contributed by atoms with Crippen LogP contribution in [-0.4, -0.2) is 28.5 Å². The molecule has 0 saturated carbocycles. The quantitative estimate of drug-likeness (QED) is 0.784. The minimum atomic E-state index is -0.873. The van der Waals surface area contributed by atoms with Gasteiger partial charge in [-0.1, -0.05) is 0 Å². The van der Waals surface area contributed by atoms with Gasteiger partial charge in [0.2, 0.25) is 0 Å². The van der Waals surface area contributed by atoms with Gasteiger partial charge in [0.25, 0.3) is 5.91 Å². The van der Waals surface area contributed by atoms with E-state index in [1.807, 2.05) is 0 Å². The van der Waals surface area contributed by atoms with Crippen molar-refractivity contribution < 1.29 is 14.7 Å². The number of carbonyl (C=O) groups is 2. The van der Waals surface area contributed by atoms with Crippen LogP contribution in [0.4, 0.5) is 0 Å². The van der Waals surface area contributed by atoms with E-state index in [4.69, 9.17) is 5.11 Å². The molecule has 0 aliphatic heterocycles. The van der Waals surface area contributed by atoms with Crippen LogP contribution in [0.5, 0.6) is 0 Å². The number of rotatable bonds is 5. The Hall–Kier alpha value is -0.950. The van der Waals surface area contributed by atoms with E-state index in [1.165, 1.54) is 6.20 Å². The summed E-state index contributed by atoms with van der Waals surface area (Å²) in [7, 11) is 0. The Kier molecular flexibility index (Phi) is 5.57. The first-order chi connectivity index (χ1) is 8.00. The van der Waals surface area contributed by atoms with Crippen LogP contribution in [-0.2, 0) is 4.79 Å². The summed E-state index contributed by atoms with van der Waals surface area (Å²) < 4.78 is 1.36. The fraction of sp³-hybridized carbons (Fsp3) is 0.300. The molecule has 1 rings (SSSR count). The average Bonchev–Trinajstić information content (AvgIpc) is 2.23. The Morgan fingerprint density at radius 3 is 2.71 bits per heavy atom. The van der Waals surface area contributed by atoms with Crippen molar-refractivity contribution >= 4 is 43.7 Å². The molecule has 1 aromatic rings. The summed E-state index contributed by atoms with van der Waals surface area (Å²) in [4.78, 5) is 25.9. The number of carboxylic acids is 1. The minimum Gasteiger partial charge on any atom is -0.481 e. The lowest BCUT2D eigenvalue weighted by Crippen LogP contribution is -2.26. The highest BCUT2D eigenvalue weighted by Crippen LogP contribution is 2.19. The molecule has 0 spiro atoms. The molecule has 1 heterocycles. The summed E-state index contributed by atoms with van der Waals surface area (Å²) >= 11 is 6.47. The summed E-state index contributed by atoms with van der Waals surface area (Å²) in [6, 6.07) is 1.72. The molecule has 0 aliphatic carbocycles. The van der Waals surface area contributed by atoms with Gasteiger partial charge in [0.05, 0.1) is 4.47 Å². The summed E-state index contributed by atoms with van der Waals surface area (Å²) in [5.74, 6) is -1.20. The van der Waals surface area contributed by atoms with Crippen LogP contribution in [0.2, 0.25) is 0 Å². The summed E-state index contributed by atoms with van der Waals surface area (Å²) in [5, 5.41) is 11.0. The van der Waals surface area contributed by atoms with E-state index < -0.39 is 5.97 Å². The second-order valence-corrected chi connectivity index (χ2v) is 5.01. The van der Waals surface area contributed by atoms with Crippen LogP contribution in [0.15, 0.2) is 21.2 Å². The Morgan fingerprint density at radius 2 is 2.12 bits per heavy atom. The third-order valence-corrected chi connectivity index (χ3v) is 2.91. The third kappa shape index (κ3) is 4.82. The molecular weight excluding hydrogens is 356 g/mol. The first-order valence-electron chi connectivity index (χ1n) is 4.81. The average molecular weight is 366 g/mol. The smallest absolute Gasteiger partial charge is 0.303 e. The zero-order chi connectivity index (χ0) is 12.8. The van der Waals surface area contributed by atoms with Gasteiger partial charge >= 0.3 is 5.97 Å². The number of nitrogens with zero attached hydrogens (tertiary/aromatic N) is 1. The van der Waals surface area contributed by atoms with E-state index in [-0.39, 0.29) is 18.0 Å². The maximum atomic E-state index is 11.7. The number of pyridine rings is 1. The maximum absolute atomic E-state index is 11.7. The first kappa shape index (κ1) is 14.1. The lowest BCUT2D eigenvalue weighted by Gasteiger charge is -2.05. The van der Waals surface area contributed by atoms with E-state index in [2.05, 4.69) is 42.2 Å². The number of nitrogens with one attached hydrogen (secondary N) is 1. The van der Waals surface area contributed by atoms with Gasteiger partial charge in [0.15, 0.2) is 0 Å². The largest absolute Gasteiger partial charge is 0.481 e. The van der Waals surface area contributed by atoms with Crippen molar-refractivity contribution in [2.45, 2.75) is 12.8 Å². The number of aliphatic carboxylic acids is 1. The Balaban J connectivity index is 2.50. The van der Waals surface area contributed by atoms with Crippen molar-refractivity contribution in [1.29, 1.82) is 0 Å². The SMILES string of the molecule is O=C(O)CCCNC(=O)c1ncc(Br)cc1Br. The molecule has 92 valence electrons. The van der Waals surface area contributed by atoms with Crippen LogP contribution in [0.25, 0.3) is 0 Å². The number of hydrogen-bond acceptors (Lipinski definition) is 3. The van der Waals surface area contributed by atoms with Crippen LogP contribution in [0, 0.1) is 0 Å². The van der Waals surface area contributed by atoms with Crippen molar-refractivity contribution in [3.8, 4) is 0 Å². The fourth-order valence-corrected chi connectivity index (χ4v) is 2.27. The number of aromatic nitrogens is 1. The van der Waals surface area contributed by atoms with E-state index in [9.17, 15) is 9.59 Å². The van der Waals surface area contributed by atoms with E-state index in [1.54, 1.807) is 6.07 Å². The van der Waals surface area contributed by atoms with Crippen LogP contribution in [0.1, 0.15) is 23.3 Å². The van der Waals surface area contributed by atoms with Crippen molar-refractivity contribution in [3.05, 3.63) is 26.9 Å². The number of amides is 1. The highest BCUT2D eigenvalue weighted by molar-refractivity contribution is 9.11. The van der Waals surface area contributed by atoms with Gasteiger partial charge in [-0.25, -0.2) is 4.98 Å². The van der Waals surface area contributed by atoms with Crippen LogP contribution >= 0.6 is 31.9 Å². The summed E-state index contributed by atoms with van der Waals surface area (Å²) in [6.07, 6.45) is 1.96. The molecule has 17 heavy (non-hydrogen) atoms. The zero-order valence-electron chi connectivity index (χ0n) is 8.74. The highest BCUT2D eigenvalue weighted by atomic mass is 79.9. The normalized spacial score (nSPS) is 10.0. The second kappa shape index (κ2) is 6.70. The van der Waals surface area contributed by atoms with Gasteiger partial charge in [-0.15, -0.1) is 0 Å². The molecule has 7 heteroatoms. The maximum Gasteiger partial charge on any atom is 0.303 e. The Labute approximate surface area is 115 Å². The molecule has 0 radical (unpaired) electrons. The number of hydrogen-bond donors (Lipinski definition) is 2. The number of carboxylic acid groups (broad SMARTS) is 1. The van der Waals surface area contributed by atoms with Gasteiger partial charge in [-0.05, 0) is 44.3 Å². The molecule has 5 nitrogen and oxygen atoms in total. The monoisotopic (exact) mass is 364 g/mol. The van der Waals surface area contributed by atoms with Gasteiger partial charge in [-0.2, -0.15) is 0 Å². The van der Waals surface area contributed by atoms with Gasteiger partial charge < -0.3 is 10.4 Å². The van der Waals surface area contributed by atoms with Crippen molar-refractivity contribution in [2.75, 3.05) is 6.54 Å². The van der Waals surface area contributed by atoms with Crippen molar-refractivity contribution in [3.63, 3.8) is 0 Å². The molecule has 0 aromatic carbocycles. The minimum absolute atomic E-state index is 0.0369. The van der Waals surface area contributed by atoms with Crippen molar-refractivity contribution in [1.82, 2.24) is 10.3 Å². The first-order valence-corrected chi connectivity index (χ1v) is 6.40. The van der Waals surface area contributed by atoms with E-state index in [0.29, 0.717) is 17.4 Å².